The Morgan fingerprint density at radius 2 is 2.20 bits per heavy atom. The number of ether oxygens (including phenoxy) is 1. The number of halogens is 2. The fourth-order valence-electron chi connectivity index (χ4n) is 0.546. The molecule has 53 valence electrons. The van der Waals surface area contributed by atoms with Gasteiger partial charge in [-0.3, -0.25) is 0 Å². The van der Waals surface area contributed by atoms with Gasteiger partial charge >= 0.3 is 6.61 Å². The highest BCUT2D eigenvalue weighted by Crippen LogP contribution is 2.10. The van der Waals surface area contributed by atoms with Gasteiger partial charge in [-0.25, -0.2) is 0 Å². The molecule has 0 heterocycles. The largest absolute Gasteiger partial charge is 0.434 e. The first kappa shape index (κ1) is 6.99. The summed E-state index contributed by atoms with van der Waals surface area (Å²) in [7, 11) is 0. The molecule has 1 radical (unpaired) electrons. The predicted octanol–water partition coefficient (Wildman–Crippen LogP) is 2.09. The summed E-state index contributed by atoms with van der Waals surface area (Å²) in [6, 6.07) is 8.72. The van der Waals surface area contributed by atoms with Gasteiger partial charge in [0.15, 0.2) is 0 Å². The molecular formula is C7H5F2O. The quantitative estimate of drug-likeness (QED) is 0.615. The molecule has 0 bridgehead atoms. The maximum absolute atomic E-state index is 11.5. The van der Waals surface area contributed by atoms with Gasteiger partial charge < -0.3 is 4.74 Å². The van der Waals surface area contributed by atoms with Crippen molar-refractivity contribution in [3.8, 4) is 5.75 Å². The molecule has 1 rings (SSSR count). The normalized spacial score (nSPS) is 9.90. The van der Waals surface area contributed by atoms with E-state index in [-0.39, 0.29) is 5.75 Å². The van der Waals surface area contributed by atoms with Crippen molar-refractivity contribution in [2.24, 2.45) is 0 Å². The van der Waals surface area contributed by atoms with E-state index in [9.17, 15) is 8.78 Å². The highest BCUT2D eigenvalue weighted by atomic mass is 19.3. The molecule has 0 aromatic heterocycles. The van der Waals surface area contributed by atoms with Crippen LogP contribution in [-0.2, 0) is 0 Å². The van der Waals surface area contributed by atoms with Crippen LogP contribution in [0.25, 0.3) is 0 Å². The molecule has 0 N–H and O–H groups in total. The monoisotopic (exact) mass is 143 g/mol. The third-order valence-corrected chi connectivity index (χ3v) is 0.897. The number of hydrogen-bond donors (Lipinski definition) is 0. The first-order chi connectivity index (χ1) is 4.79. The van der Waals surface area contributed by atoms with Crippen molar-refractivity contribution in [1.82, 2.24) is 0 Å². The summed E-state index contributed by atoms with van der Waals surface area (Å²) < 4.78 is 27.0. The molecule has 0 fully saturated rings. The van der Waals surface area contributed by atoms with Crippen molar-refractivity contribution < 1.29 is 13.5 Å². The SMILES string of the molecule is FC(F)Oc1[c]cccc1. The Hall–Kier alpha value is -1.12. The zero-order chi connectivity index (χ0) is 7.40. The molecule has 1 aromatic rings. The molecular weight excluding hydrogens is 138 g/mol. The highest BCUT2D eigenvalue weighted by Gasteiger charge is 2.01. The summed E-state index contributed by atoms with van der Waals surface area (Å²) >= 11 is 0. The standard InChI is InChI=1S/C7H5F2O/c8-7(9)10-6-4-2-1-3-5-6/h1-4,7H. The molecule has 3 heteroatoms. The lowest BCUT2D eigenvalue weighted by Crippen LogP contribution is -2.01. The molecule has 10 heavy (non-hydrogen) atoms. The smallest absolute Gasteiger partial charge is 0.387 e. The van der Waals surface area contributed by atoms with E-state index >= 15 is 0 Å². The lowest BCUT2D eigenvalue weighted by molar-refractivity contribution is -0.0500. The van der Waals surface area contributed by atoms with Crippen LogP contribution < -0.4 is 4.74 Å². The minimum atomic E-state index is -2.77. The number of rotatable bonds is 2. The number of hydrogen-bond acceptors (Lipinski definition) is 1. The van der Waals surface area contributed by atoms with Crippen molar-refractivity contribution in [1.29, 1.82) is 0 Å². The van der Waals surface area contributed by atoms with E-state index in [1.54, 1.807) is 12.1 Å². The van der Waals surface area contributed by atoms with Gasteiger partial charge in [0.1, 0.15) is 5.75 Å². The van der Waals surface area contributed by atoms with E-state index in [0.717, 1.165) is 0 Å². The summed E-state index contributed by atoms with van der Waals surface area (Å²) in [5.41, 5.74) is 0. The van der Waals surface area contributed by atoms with Crippen LogP contribution in [0.2, 0.25) is 0 Å². The number of alkyl halides is 2. The molecule has 0 atom stereocenters. The topological polar surface area (TPSA) is 9.23 Å². The van der Waals surface area contributed by atoms with Crippen LogP contribution in [0, 0.1) is 6.07 Å². The van der Waals surface area contributed by atoms with E-state index < -0.39 is 6.61 Å². The van der Waals surface area contributed by atoms with Crippen molar-refractivity contribution in [3.05, 3.63) is 30.3 Å². The molecule has 0 amide bonds. The van der Waals surface area contributed by atoms with Crippen molar-refractivity contribution in [3.63, 3.8) is 0 Å². The highest BCUT2D eigenvalue weighted by molar-refractivity contribution is 5.19. The Morgan fingerprint density at radius 3 is 2.70 bits per heavy atom. The molecule has 0 saturated heterocycles. The van der Waals surface area contributed by atoms with Crippen molar-refractivity contribution in [2.75, 3.05) is 0 Å². The summed E-state index contributed by atoms with van der Waals surface area (Å²) in [6.07, 6.45) is 0. The second-order valence-corrected chi connectivity index (χ2v) is 1.61. The Morgan fingerprint density at radius 1 is 1.40 bits per heavy atom. The maximum Gasteiger partial charge on any atom is 0.387 e. The average Bonchev–Trinajstić information content (AvgIpc) is 1.88. The minimum Gasteiger partial charge on any atom is -0.434 e. The third-order valence-electron chi connectivity index (χ3n) is 0.897. The van der Waals surface area contributed by atoms with Crippen LogP contribution in [-0.4, -0.2) is 6.61 Å². The third kappa shape index (κ3) is 2.01. The van der Waals surface area contributed by atoms with E-state index in [1.807, 2.05) is 0 Å². The van der Waals surface area contributed by atoms with Crippen molar-refractivity contribution >= 4 is 0 Å². The number of benzene rings is 1. The molecule has 0 aliphatic heterocycles. The summed E-state index contributed by atoms with van der Waals surface area (Å²) in [4.78, 5) is 0. The van der Waals surface area contributed by atoms with Gasteiger partial charge in [0.25, 0.3) is 0 Å². The summed E-state index contributed by atoms with van der Waals surface area (Å²) in [6.45, 7) is -2.77. The van der Waals surface area contributed by atoms with Gasteiger partial charge in [0.05, 0.1) is 0 Å². The Labute approximate surface area is 57.2 Å². The predicted molar refractivity (Wildman–Crippen MR) is 31.9 cm³/mol. The number of para-hydroxylation sites is 1. The lowest BCUT2D eigenvalue weighted by Gasteiger charge is -2.00. The van der Waals surface area contributed by atoms with E-state index in [0.29, 0.717) is 0 Å². The Balaban J connectivity index is 2.59. The Kier molecular flexibility index (Phi) is 2.20. The second-order valence-electron chi connectivity index (χ2n) is 1.61. The van der Waals surface area contributed by atoms with Crippen LogP contribution in [0.3, 0.4) is 0 Å². The molecule has 0 unspecified atom stereocenters. The lowest BCUT2D eigenvalue weighted by atomic mass is 10.3. The van der Waals surface area contributed by atoms with E-state index in [2.05, 4.69) is 10.8 Å². The maximum atomic E-state index is 11.5. The summed E-state index contributed by atoms with van der Waals surface area (Å²) in [5, 5.41) is 0. The molecule has 0 spiro atoms. The first-order valence-corrected chi connectivity index (χ1v) is 2.70. The van der Waals surface area contributed by atoms with Crippen LogP contribution in [0.4, 0.5) is 8.78 Å². The molecule has 1 nitrogen and oxygen atoms in total. The van der Waals surface area contributed by atoms with Gasteiger partial charge in [-0.05, 0) is 6.07 Å². The average molecular weight is 143 g/mol. The summed E-state index contributed by atoms with van der Waals surface area (Å²) in [5.74, 6) is 0.0671. The molecule has 0 aliphatic rings. The van der Waals surface area contributed by atoms with E-state index in [1.165, 1.54) is 12.1 Å². The molecule has 0 aliphatic carbocycles. The van der Waals surface area contributed by atoms with Crippen molar-refractivity contribution in [2.45, 2.75) is 6.61 Å². The van der Waals surface area contributed by atoms with Crippen LogP contribution in [0.1, 0.15) is 0 Å². The zero-order valence-corrected chi connectivity index (χ0v) is 5.05. The van der Waals surface area contributed by atoms with Gasteiger partial charge in [0, 0.05) is 6.07 Å². The van der Waals surface area contributed by atoms with Gasteiger partial charge in [-0.15, -0.1) is 0 Å². The second kappa shape index (κ2) is 3.15. The van der Waals surface area contributed by atoms with Gasteiger partial charge in [0.2, 0.25) is 0 Å². The molecule has 1 aromatic carbocycles. The zero-order valence-electron chi connectivity index (χ0n) is 5.05. The molecule has 0 saturated carbocycles. The van der Waals surface area contributed by atoms with Crippen LogP contribution in [0.15, 0.2) is 24.3 Å². The minimum absolute atomic E-state index is 0.0671. The van der Waals surface area contributed by atoms with Gasteiger partial charge in [-0.2, -0.15) is 8.78 Å². The fourth-order valence-corrected chi connectivity index (χ4v) is 0.546. The van der Waals surface area contributed by atoms with E-state index in [4.69, 9.17) is 0 Å². The Bertz CT molecular complexity index is 186. The van der Waals surface area contributed by atoms with Crippen LogP contribution >= 0.6 is 0 Å². The fraction of sp³-hybridized carbons (Fsp3) is 0.143. The first-order valence-electron chi connectivity index (χ1n) is 2.70. The van der Waals surface area contributed by atoms with Crippen LogP contribution in [0.5, 0.6) is 5.75 Å². The van der Waals surface area contributed by atoms with Gasteiger partial charge in [-0.1, -0.05) is 18.2 Å².